The second-order valence-corrected chi connectivity index (χ2v) is 9.75. The highest BCUT2D eigenvalue weighted by molar-refractivity contribution is 7.54. The third kappa shape index (κ3) is 6.65. The highest BCUT2D eigenvalue weighted by Crippen LogP contribution is 2.58. The molecule has 0 amide bonds. The first-order valence-electron chi connectivity index (χ1n) is 8.72. The summed E-state index contributed by atoms with van der Waals surface area (Å²) in [6, 6.07) is 0. The zero-order chi connectivity index (χ0) is 20.1. The Bertz CT molecular complexity index is 462. The molecule has 0 heterocycles. The van der Waals surface area contributed by atoms with Gasteiger partial charge in [-0.1, -0.05) is 13.8 Å². The van der Waals surface area contributed by atoms with Crippen molar-refractivity contribution < 1.29 is 28.0 Å². The topological polar surface area (TPSA) is 74.3 Å². The molecule has 0 aliphatic carbocycles. The molecule has 0 saturated carbocycles. The van der Waals surface area contributed by atoms with Gasteiger partial charge in [0.2, 0.25) is 0 Å². The minimum Gasteiger partial charge on any atom is -0.467 e. The molecule has 0 aromatic heterocycles. The van der Waals surface area contributed by atoms with Crippen LogP contribution in [0.25, 0.3) is 0 Å². The second-order valence-electron chi connectivity index (χ2n) is 7.62. The van der Waals surface area contributed by atoms with Crippen LogP contribution in [0.1, 0.15) is 62.3 Å². The Kier molecular flexibility index (Phi) is 9.29. The van der Waals surface area contributed by atoms with E-state index in [1.54, 1.807) is 32.8 Å². The largest absolute Gasteiger partial charge is 0.467 e. The van der Waals surface area contributed by atoms with Gasteiger partial charge in [0.1, 0.15) is 5.78 Å². The maximum atomic E-state index is 13.5. The smallest absolute Gasteiger partial charge is 0.350 e. The molecule has 1 unspecified atom stereocenters. The molecular formula is C17H36NO6P. The van der Waals surface area contributed by atoms with Gasteiger partial charge in [0, 0.05) is 5.54 Å². The standard InChI is InChI=1S/C17H36NO6P/c1-11-22-25(20,23-12-2)14(13(3)4)18(16(5,6)7)24-17(8,9)15(19)21-10/h13-14H,11-12H2,1-10H3. The minimum absolute atomic E-state index is 0.114. The number of methoxy groups -OCH3 is 1. The lowest BCUT2D eigenvalue weighted by molar-refractivity contribution is -0.286. The van der Waals surface area contributed by atoms with E-state index < -0.39 is 30.5 Å². The van der Waals surface area contributed by atoms with Gasteiger partial charge in [0.05, 0.1) is 20.3 Å². The van der Waals surface area contributed by atoms with Gasteiger partial charge in [-0.2, -0.15) is 5.06 Å². The number of ether oxygens (including phenoxy) is 1. The summed E-state index contributed by atoms with van der Waals surface area (Å²) in [6.45, 7) is 16.8. The van der Waals surface area contributed by atoms with E-state index in [9.17, 15) is 9.36 Å². The number of esters is 1. The molecule has 7 nitrogen and oxygen atoms in total. The van der Waals surface area contributed by atoms with E-state index in [2.05, 4.69) is 0 Å². The Hall–Kier alpha value is -0.460. The van der Waals surface area contributed by atoms with E-state index in [1.165, 1.54) is 7.11 Å². The lowest BCUT2D eigenvalue weighted by atomic mass is 10.1. The van der Waals surface area contributed by atoms with Crippen molar-refractivity contribution in [2.75, 3.05) is 20.3 Å². The summed E-state index contributed by atoms with van der Waals surface area (Å²) in [6.07, 6.45) is 0. The third-order valence-corrected chi connectivity index (χ3v) is 6.13. The molecule has 0 bridgehead atoms. The van der Waals surface area contributed by atoms with Crippen molar-refractivity contribution in [3.05, 3.63) is 0 Å². The van der Waals surface area contributed by atoms with Crippen LogP contribution in [0.4, 0.5) is 0 Å². The molecule has 0 fully saturated rings. The second kappa shape index (κ2) is 9.47. The molecule has 25 heavy (non-hydrogen) atoms. The van der Waals surface area contributed by atoms with Crippen LogP contribution in [-0.4, -0.2) is 48.3 Å². The molecule has 150 valence electrons. The van der Waals surface area contributed by atoms with Gasteiger partial charge in [-0.05, 0) is 54.4 Å². The summed E-state index contributed by atoms with van der Waals surface area (Å²) in [5.74, 6) is -1.32. The minimum atomic E-state index is -3.51. The molecule has 0 rings (SSSR count). The van der Waals surface area contributed by atoms with E-state index in [4.69, 9.17) is 18.6 Å². The number of rotatable bonds is 10. The van der Waals surface area contributed by atoms with Gasteiger partial charge in [-0.3, -0.25) is 9.40 Å². The summed E-state index contributed by atoms with van der Waals surface area (Å²) in [5, 5.41) is 1.57. The van der Waals surface area contributed by atoms with Gasteiger partial charge in [-0.15, -0.1) is 0 Å². The van der Waals surface area contributed by atoms with Crippen LogP contribution in [0.3, 0.4) is 0 Å². The van der Waals surface area contributed by atoms with Crippen molar-refractivity contribution in [1.29, 1.82) is 0 Å². The SMILES string of the molecule is CCOP(=O)(OCC)C(C(C)C)N(OC(C)(C)C(=O)OC)C(C)(C)C. The number of hydroxylamine groups is 2. The van der Waals surface area contributed by atoms with Gasteiger partial charge in [0.15, 0.2) is 5.60 Å². The quantitative estimate of drug-likeness (QED) is 0.319. The van der Waals surface area contributed by atoms with Crippen LogP contribution in [0.2, 0.25) is 0 Å². The summed E-state index contributed by atoms with van der Waals surface area (Å²) in [4.78, 5) is 18.1. The number of carbonyl (C=O) groups is 1. The average Bonchev–Trinajstić information content (AvgIpc) is 2.44. The molecule has 0 spiro atoms. The molecule has 8 heteroatoms. The first-order chi connectivity index (χ1) is 11.3. The van der Waals surface area contributed by atoms with Crippen molar-refractivity contribution in [3.63, 3.8) is 0 Å². The first-order valence-corrected chi connectivity index (χ1v) is 10.3. The van der Waals surface area contributed by atoms with Gasteiger partial charge in [0.25, 0.3) is 0 Å². The van der Waals surface area contributed by atoms with Crippen LogP contribution >= 0.6 is 7.60 Å². The third-order valence-electron chi connectivity index (χ3n) is 3.44. The molecule has 0 aromatic rings. The van der Waals surface area contributed by atoms with Crippen LogP contribution in [-0.2, 0) is 28.0 Å². The fraction of sp³-hybridized carbons (Fsp3) is 0.941. The number of hydrogen-bond acceptors (Lipinski definition) is 7. The van der Waals surface area contributed by atoms with Crippen molar-refractivity contribution in [2.45, 2.75) is 79.2 Å². The fourth-order valence-electron chi connectivity index (χ4n) is 2.43. The Labute approximate surface area is 152 Å². The van der Waals surface area contributed by atoms with Crippen molar-refractivity contribution in [3.8, 4) is 0 Å². The monoisotopic (exact) mass is 381 g/mol. The predicted octanol–water partition coefficient (Wildman–Crippen LogP) is 4.22. The average molecular weight is 381 g/mol. The van der Waals surface area contributed by atoms with Gasteiger partial charge in [-0.25, -0.2) is 4.79 Å². The fourth-order valence-corrected chi connectivity index (χ4v) is 4.91. The Morgan fingerprint density at radius 1 is 1.04 bits per heavy atom. The van der Waals surface area contributed by atoms with E-state index in [0.717, 1.165) is 0 Å². The van der Waals surface area contributed by atoms with Crippen LogP contribution in [0, 0.1) is 5.92 Å². The molecule has 0 aromatic carbocycles. The van der Waals surface area contributed by atoms with Crippen LogP contribution in [0.15, 0.2) is 0 Å². The normalized spacial score (nSPS) is 14.9. The Morgan fingerprint density at radius 2 is 1.48 bits per heavy atom. The zero-order valence-corrected chi connectivity index (χ0v) is 18.3. The van der Waals surface area contributed by atoms with Gasteiger partial charge >= 0.3 is 13.6 Å². The Balaban J connectivity index is 6.09. The molecule has 0 aliphatic rings. The maximum absolute atomic E-state index is 13.5. The molecule has 0 aliphatic heterocycles. The highest BCUT2D eigenvalue weighted by Gasteiger charge is 2.49. The van der Waals surface area contributed by atoms with Crippen LogP contribution < -0.4 is 0 Å². The number of nitrogens with zero attached hydrogens (tertiary/aromatic N) is 1. The van der Waals surface area contributed by atoms with E-state index >= 15 is 0 Å². The molecule has 1 atom stereocenters. The summed E-state index contributed by atoms with van der Waals surface area (Å²) >= 11 is 0. The summed E-state index contributed by atoms with van der Waals surface area (Å²) < 4.78 is 29.4. The van der Waals surface area contributed by atoms with E-state index in [1.807, 2.05) is 34.6 Å². The lowest BCUT2D eigenvalue weighted by Gasteiger charge is -2.46. The van der Waals surface area contributed by atoms with E-state index in [-0.39, 0.29) is 19.1 Å². The summed E-state index contributed by atoms with van der Waals surface area (Å²) in [5.41, 5.74) is -1.82. The number of hydrogen-bond donors (Lipinski definition) is 0. The first kappa shape index (κ1) is 24.5. The Morgan fingerprint density at radius 3 is 1.76 bits per heavy atom. The molecular weight excluding hydrogens is 345 g/mol. The molecule has 0 radical (unpaired) electrons. The van der Waals surface area contributed by atoms with Crippen molar-refractivity contribution >= 4 is 13.6 Å². The van der Waals surface area contributed by atoms with Crippen molar-refractivity contribution in [2.24, 2.45) is 5.92 Å². The number of carbonyl (C=O) groups excluding carboxylic acids is 1. The highest BCUT2D eigenvalue weighted by atomic mass is 31.2. The predicted molar refractivity (Wildman–Crippen MR) is 98.3 cm³/mol. The molecule has 0 N–H and O–H groups in total. The van der Waals surface area contributed by atoms with Gasteiger partial charge < -0.3 is 13.8 Å². The lowest BCUT2D eigenvalue weighted by Crippen LogP contribution is -2.55. The maximum Gasteiger partial charge on any atom is 0.350 e. The zero-order valence-electron chi connectivity index (χ0n) is 17.4. The summed E-state index contributed by atoms with van der Waals surface area (Å²) in [7, 11) is -2.21. The molecule has 0 saturated heterocycles. The van der Waals surface area contributed by atoms with Crippen LogP contribution in [0.5, 0.6) is 0 Å². The van der Waals surface area contributed by atoms with Crippen molar-refractivity contribution in [1.82, 2.24) is 5.06 Å². The van der Waals surface area contributed by atoms with E-state index in [0.29, 0.717) is 0 Å².